The van der Waals surface area contributed by atoms with Gasteiger partial charge in [0, 0.05) is 44.1 Å². The number of rotatable bonds is 4. The summed E-state index contributed by atoms with van der Waals surface area (Å²) in [6.07, 6.45) is 3.69. The number of H-pyrrole nitrogens is 1. The zero-order valence-corrected chi connectivity index (χ0v) is 15.2. The number of urea groups is 1. The van der Waals surface area contributed by atoms with E-state index in [2.05, 4.69) is 46.5 Å². The van der Waals surface area contributed by atoms with Crippen LogP contribution in [0.5, 0.6) is 0 Å². The number of aromatic nitrogens is 2. The number of likely N-dealkylation sites (N-methyl/N-ethyl adjacent to an activating group) is 1. The summed E-state index contributed by atoms with van der Waals surface area (Å²) < 4.78 is 0. The number of aryl methyl sites for hydroxylation is 2. The molecule has 1 aliphatic heterocycles. The molecule has 3 rings (SSSR count). The Labute approximate surface area is 149 Å². The minimum Gasteiger partial charge on any atom is -0.372 e. The number of nitrogens with zero attached hydrogens (tertiary/aromatic N) is 3. The van der Waals surface area contributed by atoms with Gasteiger partial charge < -0.3 is 15.1 Å². The summed E-state index contributed by atoms with van der Waals surface area (Å²) in [6.45, 7) is 6.28. The van der Waals surface area contributed by atoms with Crippen molar-refractivity contribution in [2.24, 2.45) is 0 Å². The van der Waals surface area contributed by atoms with E-state index in [1.54, 1.807) is 0 Å². The number of para-hydroxylation sites is 1. The van der Waals surface area contributed by atoms with Crippen LogP contribution in [0.3, 0.4) is 0 Å². The normalized spacial score (nSPS) is 17.2. The maximum Gasteiger partial charge on any atom is 0.318 e. The quantitative estimate of drug-likeness (QED) is 0.841. The molecule has 0 fully saturated rings. The highest BCUT2D eigenvalue weighted by molar-refractivity contribution is 5.75. The van der Waals surface area contributed by atoms with E-state index in [1.165, 1.54) is 16.8 Å². The molecule has 0 spiro atoms. The third-order valence-corrected chi connectivity index (χ3v) is 4.91. The maximum absolute atomic E-state index is 12.7. The molecule has 0 saturated carbocycles. The van der Waals surface area contributed by atoms with Crippen LogP contribution in [0.2, 0.25) is 0 Å². The molecule has 0 bridgehead atoms. The van der Waals surface area contributed by atoms with Gasteiger partial charge in [0.2, 0.25) is 0 Å². The fraction of sp³-hybridized carbons (Fsp3) is 0.474. The van der Waals surface area contributed by atoms with Gasteiger partial charge >= 0.3 is 6.03 Å². The first-order chi connectivity index (χ1) is 12.1. The maximum atomic E-state index is 12.7. The SMILES string of the molecule is Cc1[nH]ncc1CCCNC(=O)N1Cc2ccccc2N(C)C[C@H]1C. The van der Waals surface area contributed by atoms with E-state index in [4.69, 9.17) is 0 Å². The largest absolute Gasteiger partial charge is 0.372 e. The van der Waals surface area contributed by atoms with Crippen molar-refractivity contribution in [3.63, 3.8) is 0 Å². The zero-order valence-electron chi connectivity index (χ0n) is 15.2. The number of aromatic amines is 1. The number of nitrogens with one attached hydrogen (secondary N) is 2. The van der Waals surface area contributed by atoms with Gasteiger partial charge in [0.1, 0.15) is 0 Å². The van der Waals surface area contributed by atoms with Crippen molar-refractivity contribution in [3.05, 3.63) is 47.3 Å². The Morgan fingerprint density at radius 1 is 1.40 bits per heavy atom. The lowest BCUT2D eigenvalue weighted by atomic mass is 10.1. The Morgan fingerprint density at radius 2 is 2.20 bits per heavy atom. The minimum absolute atomic E-state index is 0.0153. The molecule has 134 valence electrons. The van der Waals surface area contributed by atoms with Crippen LogP contribution in [-0.2, 0) is 13.0 Å². The first-order valence-corrected chi connectivity index (χ1v) is 8.88. The standard InChI is InChI=1S/C19H27N5O/c1-14-12-23(3)18-9-5-4-7-17(18)13-24(14)19(25)20-10-6-8-16-11-21-22-15(16)2/h4-5,7,9,11,14H,6,8,10,12-13H2,1-3H3,(H,20,25)(H,21,22)/t14-/m1/s1. The fourth-order valence-corrected chi connectivity index (χ4v) is 3.42. The van der Waals surface area contributed by atoms with Gasteiger partial charge in [-0.1, -0.05) is 18.2 Å². The van der Waals surface area contributed by atoms with Crippen molar-refractivity contribution in [1.29, 1.82) is 0 Å². The van der Waals surface area contributed by atoms with E-state index in [1.807, 2.05) is 30.2 Å². The topological polar surface area (TPSA) is 64.3 Å². The van der Waals surface area contributed by atoms with E-state index in [0.29, 0.717) is 13.1 Å². The Kier molecular flexibility index (Phi) is 5.26. The second-order valence-corrected chi connectivity index (χ2v) is 6.84. The van der Waals surface area contributed by atoms with Gasteiger partial charge in [-0.2, -0.15) is 5.10 Å². The molecule has 2 aromatic rings. The van der Waals surface area contributed by atoms with Gasteiger partial charge in [0.05, 0.1) is 6.20 Å². The summed E-state index contributed by atoms with van der Waals surface area (Å²) in [7, 11) is 2.09. The number of carbonyl (C=O) groups is 1. The smallest absolute Gasteiger partial charge is 0.318 e. The Bertz CT molecular complexity index is 726. The van der Waals surface area contributed by atoms with Crippen molar-refractivity contribution in [2.45, 2.75) is 39.3 Å². The Balaban J connectivity index is 1.57. The molecule has 0 radical (unpaired) electrons. The van der Waals surface area contributed by atoms with Crippen molar-refractivity contribution in [3.8, 4) is 0 Å². The van der Waals surface area contributed by atoms with Gasteiger partial charge in [-0.05, 0) is 43.9 Å². The van der Waals surface area contributed by atoms with E-state index < -0.39 is 0 Å². The lowest BCUT2D eigenvalue weighted by Crippen LogP contribution is -2.47. The van der Waals surface area contributed by atoms with E-state index in [0.717, 1.165) is 25.1 Å². The van der Waals surface area contributed by atoms with Gasteiger partial charge in [-0.3, -0.25) is 5.10 Å². The minimum atomic E-state index is 0.0153. The van der Waals surface area contributed by atoms with Crippen LogP contribution in [0.15, 0.2) is 30.5 Å². The van der Waals surface area contributed by atoms with Crippen LogP contribution in [0.1, 0.15) is 30.2 Å². The molecular formula is C19H27N5O. The molecule has 6 nitrogen and oxygen atoms in total. The number of benzene rings is 1. The zero-order chi connectivity index (χ0) is 17.8. The molecule has 2 N–H and O–H groups in total. The number of carbonyl (C=O) groups excluding carboxylic acids is 1. The number of hydrogen-bond donors (Lipinski definition) is 2. The average Bonchev–Trinajstić information content (AvgIpc) is 2.95. The molecule has 6 heteroatoms. The average molecular weight is 341 g/mol. The highest BCUT2D eigenvalue weighted by atomic mass is 16.2. The predicted octanol–water partition coefficient (Wildman–Crippen LogP) is 2.70. The van der Waals surface area contributed by atoms with E-state index in [9.17, 15) is 4.79 Å². The first kappa shape index (κ1) is 17.3. The lowest BCUT2D eigenvalue weighted by molar-refractivity contribution is 0.178. The molecule has 0 unspecified atom stereocenters. The molecule has 1 aliphatic rings. The lowest BCUT2D eigenvalue weighted by Gasteiger charge is -2.28. The van der Waals surface area contributed by atoms with Crippen LogP contribution >= 0.6 is 0 Å². The number of hydrogen-bond acceptors (Lipinski definition) is 3. The van der Waals surface area contributed by atoms with Crippen molar-refractivity contribution in [2.75, 3.05) is 25.0 Å². The first-order valence-electron chi connectivity index (χ1n) is 8.88. The third-order valence-electron chi connectivity index (χ3n) is 4.91. The van der Waals surface area contributed by atoms with Crippen molar-refractivity contribution < 1.29 is 4.79 Å². The second-order valence-electron chi connectivity index (χ2n) is 6.84. The van der Waals surface area contributed by atoms with Crippen LogP contribution < -0.4 is 10.2 Å². The number of fused-ring (bicyclic) bond motifs is 1. The predicted molar refractivity (Wildman–Crippen MR) is 99.8 cm³/mol. The number of anilines is 1. The second kappa shape index (κ2) is 7.59. The Hall–Kier alpha value is -2.50. The molecule has 2 amide bonds. The van der Waals surface area contributed by atoms with Crippen LogP contribution in [0, 0.1) is 6.92 Å². The Morgan fingerprint density at radius 3 is 2.96 bits per heavy atom. The van der Waals surface area contributed by atoms with Gasteiger partial charge in [-0.15, -0.1) is 0 Å². The van der Waals surface area contributed by atoms with Crippen LogP contribution in [-0.4, -0.2) is 47.3 Å². The van der Waals surface area contributed by atoms with Gasteiger partial charge in [0.15, 0.2) is 0 Å². The summed E-state index contributed by atoms with van der Waals surface area (Å²) in [5.41, 5.74) is 4.72. The molecule has 0 aliphatic carbocycles. The monoisotopic (exact) mass is 341 g/mol. The molecule has 1 aromatic carbocycles. The van der Waals surface area contributed by atoms with E-state index in [-0.39, 0.29) is 12.1 Å². The van der Waals surface area contributed by atoms with Crippen LogP contribution in [0.25, 0.3) is 0 Å². The molecule has 0 saturated heterocycles. The highest BCUT2D eigenvalue weighted by Gasteiger charge is 2.26. The summed E-state index contributed by atoms with van der Waals surface area (Å²) >= 11 is 0. The number of amides is 2. The summed E-state index contributed by atoms with van der Waals surface area (Å²) in [6, 6.07) is 8.48. The molecule has 2 heterocycles. The van der Waals surface area contributed by atoms with Gasteiger partial charge in [-0.25, -0.2) is 4.79 Å². The summed E-state index contributed by atoms with van der Waals surface area (Å²) in [5, 5.41) is 10.1. The molecule has 1 aromatic heterocycles. The highest BCUT2D eigenvalue weighted by Crippen LogP contribution is 2.25. The van der Waals surface area contributed by atoms with Crippen LogP contribution in [0.4, 0.5) is 10.5 Å². The molecule has 25 heavy (non-hydrogen) atoms. The van der Waals surface area contributed by atoms with Crippen molar-refractivity contribution in [1.82, 2.24) is 20.4 Å². The molecule has 1 atom stereocenters. The van der Waals surface area contributed by atoms with E-state index >= 15 is 0 Å². The third kappa shape index (κ3) is 3.95. The van der Waals surface area contributed by atoms with Gasteiger partial charge in [0.25, 0.3) is 0 Å². The van der Waals surface area contributed by atoms with Crippen molar-refractivity contribution >= 4 is 11.7 Å². The summed E-state index contributed by atoms with van der Waals surface area (Å²) in [4.78, 5) is 16.9. The fourth-order valence-electron chi connectivity index (χ4n) is 3.42. The summed E-state index contributed by atoms with van der Waals surface area (Å²) in [5.74, 6) is 0. The molecular weight excluding hydrogens is 314 g/mol.